The Kier molecular flexibility index (Phi) is 7.24. The van der Waals surface area contributed by atoms with E-state index in [4.69, 9.17) is 27.9 Å². The molecule has 2 heterocycles. The van der Waals surface area contributed by atoms with Gasteiger partial charge in [-0.2, -0.15) is 0 Å². The fourth-order valence-electron chi connectivity index (χ4n) is 3.37. The minimum atomic E-state index is -0.181. The molecule has 0 spiro atoms. The number of carbonyl (C=O) groups excluding carboxylic acids is 1. The van der Waals surface area contributed by atoms with Crippen LogP contribution in [0.5, 0.6) is 5.75 Å². The normalized spacial score (nSPS) is 16.7. The minimum Gasteiger partial charge on any atom is -0.482 e. The first-order chi connectivity index (χ1) is 13.4. The number of nitrogens with zero attached hydrogens (tertiary/aromatic N) is 3. The first kappa shape index (κ1) is 21.0. The molecule has 8 heteroatoms. The maximum atomic E-state index is 12.3. The van der Waals surface area contributed by atoms with E-state index in [2.05, 4.69) is 32.8 Å². The lowest BCUT2D eigenvalue weighted by Crippen LogP contribution is -2.49. The van der Waals surface area contributed by atoms with Crippen molar-refractivity contribution in [2.45, 2.75) is 6.04 Å². The summed E-state index contributed by atoms with van der Waals surface area (Å²) in [5.74, 6) is 0.263. The van der Waals surface area contributed by atoms with Gasteiger partial charge in [0.2, 0.25) is 0 Å². The van der Waals surface area contributed by atoms with Crippen molar-refractivity contribution in [1.82, 2.24) is 19.7 Å². The zero-order chi connectivity index (χ0) is 20.1. The number of amides is 1. The maximum absolute atomic E-state index is 12.3. The molecule has 1 fully saturated rings. The van der Waals surface area contributed by atoms with Crippen LogP contribution in [0.2, 0.25) is 10.0 Å². The molecule has 1 saturated heterocycles. The topological polar surface area (TPSA) is 49.7 Å². The van der Waals surface area contributed by atoms with Gasteiger partial charge in [0.15, 0.2) is 6.61 Å². The van der Waals surface area contributed by atoms with E-state index in [1.54, 1.807) is 18.2 Å². The summed E-state index contributed by atoms with van der Waals surface area (Å²) in [4.78, 5) is 17.1. The number of piperazine rings is 1. The third-order valence-electron chi connectivity index (χ3n) is 5.05. The van der Waals surface area contributed by atoms with Crippen molar-refractivity contribution in [1.29, 1.82) is 0 Å². The van der Waals surface area contributed by atoms with Gasteiger partial charge in [0.05, 0.1) is 11.1 Å². The number of rotatable bonds is 7. The second-order valence-electron chi connectivity index (χ2n) is 7.07. The van der Waals surface area contributed by atoms with E-state index < -0.39 is 0 Å². The molecule has 3 rings (SSSR count). The number of likely N-dealkylation sites (N-methyl/N-ethyl adjacent to an activating group) is 1. The van der Waals surface area contributed by atoms with Gasteiger partial charge in [0.1, 0.15) is 5.75 Å². The van der Waals surface area contributed by atoms with Gasteiger partial charge in [0, 0.05) is 56.7 Å². The number of halogens is 2. The van der Waals surface area contributed by atoms with Gasteiger partial charge in [0.25, 0.3) is 5.91 Å². The summed E-state index contributed by atoms with van der Waals surface area (Å²) < 4.78 is 7.64. The fourth-order valence-corrected chi connectivity index (χ4v) is 3.83. The van der Waals surface area contributed by atoms with Gasteiger partial charge in [-0.3, -0.25) is 9.69 Å². The molecule has 1 aliphatic heterocycles. The highest BCUT2D eigenvalue weighted by molar-refractivity contribution is 6.35. The second-order valence-corrected chi connectivity index (χ2v) is 7.91. The Labute approximate surface area is 176 Å². The van der Waals surface area contributed by atoms with Crippen molar-refractivity contribution in [3.63, 3.8) is 0 Å². The van der Waals surface area contributed by atoms with Crippen LogP contribution in [0.4, 0.5) is 0 Å². The van der Waals surface area contributed by atoms with Crippen LogP contribution in [0, 0.1) is 0 Å². The van der Waals surface area contributed by atoms with E-state index in [-0.39, 0.29) is 18.6 Å². The average molecular weight is 425 g/mol. The van der Waals surface area contributed by atoms with E-state index >= 15 is 0 Å². The number of benzene rings is 1. The molecule has 1 unspecified atom stereocenters. The predicted octanol–water partition coefficient (Wildman–Crippen LogP) is 2.82. The smallest absolute Gasteiger partial charge is 0.258 e. The van der Waals surface area contributed by atoms with Gasteiger partial charge in [-0.25, -0.2) is 0 Å². The van der Waals surface area contributed by atoms with Crippen molar-refractivity contribution in [2.75, 3.05) is 46.4 Å². The van der Waals surface area contributed by atoms with Gasteiger partial charge >= 0.3 is 0 Å². The quantitative estimate of drug-likeness (QED) is 0.742. The molecule has 1 amide bonds. The van der Waals surface area contributed by atoms with Crippen LogP contribution in [0.1, 0.15) is 11.7 Å². The summed E-state index contributed by atoms with van der Waals surface area (Å²) >= 11 is 12.0. The van der Waals surface area contributed by atoms with Crippen LogP contribution in [-0.2, 0) is 11.8 Å². The van der Waals surface area contributed by atoms with E-state index in [0.29, 0.717) is 22.3 Å². The monoisotopic (exact) mass is 424 g/mol. The molecule has 1 aromatic heterocycles. The lowest BCUT2D eigenvalue weighted by atomic mass is 10.1. The Morgan fingerprint density at radius 2 is 1.93 bits per heavy atom. The van der Waals surface area contributed by atoms with Crippen LogP contribution >= 0.6 is 23.2 Å². The zero-order valence-corrected chi connectivity index (χ0v) is 17.7. The van der Waals surface area contributed by atoms with Crippen molar-refractivity contribution in [2.24, 2.45) is 7.05 Å². The summed E-state index contributed by atoms with van der Waals surface area (Å²) in [5.41, 5.74) is 1.19. The molecule has 0 bridgehead atoms. The molecule has 6 nitrogen and oxygen atoms in total. The van der Waals surface area contributed by atoms with Gasteiger partial charge < -0.3 is 19.5 Å². The van der Waals surface area contributed by atoms with E-state index in [1.807, 2.05) is 19.3 Å². The van der Waals surface area contributed by atoms with E-state index in [0.717, 1.165) is 26.2 Å². The fraction of sp³-hybridized carbons (Fsp3) is 0.450. The highest BCUT2D eigenvalue weighted by atomic mass is 35.5. The van der Waals surface area contributed by atoms with E-state index in [1.165, 1.54) is 5.69 Å². The lowest BCUT2D eigenvalue weighted by molar-refractivity contribution is -0.123. The molecule has 1 aromatic carbocycles. The van der Waals surface area contributed by atoms with Crippen molar-refractivity contribution in [3.8, 4) is 5.75 Å². The molecule has 1 aliphatic rings. The zero-order valence-electron chi connectivity index (χ0n) is 16.2. The van der Waals surface area contributed by atoms with Crippen molar-refractivity contribution in [3.05, 3.63) is 52.3 Å². The Bertz CT molecular complexity index is 803. The lowest BCUT2D eigenvalue weighted by Gasteiger charge is -2.38. The molecule has 28 heavy (non-hydrogen) atoms. The minimum absolute atomic E-state index is 0.0933. The summed E-state index contributed by atoms with van der Waals surface area (Å²) in [5, 5.41) is 3.92. The first-order valence-corrected chi connectivity index (χ1v) is 10.1. The summed E-state index contributed by atoms with van der Waals surface area (Å²) in [6.45, 7) is 4.42. The van der Waals surface area contributed by atoms with Gasteiger partial charge in [-0.15, -0.1) is 0 Å². The van der Waals surface area contributed by atoms with Crippen LogP contribution in [0.15, 0.2) is 36.5 Å². The highest BCUT2D eigenvalue weighted by Gasteiger charge is 2.26. The molecule has 1 N–H and O–H groups in total. The summed E-state index contributed by atoms with van der Waals surface area (Å²) in [6.07, 6.45) is 2.03. The number of ether oxygens (including phenoxy) is 1. The second kappa shape index (κ2) is 9.65. The Balaban J connectivity index is 1.58. The molecular formula is C20H26Cl2N4O2. The third kappa shape index (κ3) is 5.41. The Hall–Kier alpha value is -1.73. The number of aryl methyl sites for hydroxylation is 1. The maximum Gasteiger partial charge on any atom is 0.258 e. The molecular weight excluding hydrogens is 399 g/mol. The highest BCUT2D eigenvalue weighted by Crippen LogP contribution is 2.27. The summed E-state index contributed by atoms with van der Waals surface area (Å²) in [7, 11) is 4.17. The Morgan fingerprint density at radius 3 is 2.57 bits per heavy atom. The predicted molar refractivity (Wildman–Crippen MR) is 112 cm³/mol. The number of aromatic nitrogens is 1. The largest absolute Gasteiger partial charge is 0.482 e. The molecule has 2 aromatic rings. The van der Waals surface area contributed by atoms with Crippen molar-refractivity contribution < 1.29 is 9.53 Å². The van der Waals surface area contributed by atoms with Crippen LogP contribution in [-0.4, -0.2) is 66.7 Å². The third-order valence-corrected chi connectivity index (χ3v) is 5.58. The summed E-state index contributed by atoms with van der Waals surface area (Å²) in [6, 6.07) is 9.20. The standard InChI is InChI=1S/C20H26Cl2N4O2/c1-24-8-10-26(11-9-24)18(17-4-3-7-25(17)2)13-23-20(27)14-28-19-6-5-15(21)12-16(19)22/h3-7,12,18H,8-11,13-14H2,1-2H3,(H,23,27). The first-order valence-electron chi connectivity index (χ1n) is 9.32. The SMILES string of the molecule is CN1CCN(C(CNC(=O)COc2ccc(Cl)cc2Cl)c2cccn2C)CC1. The average Bonchev–Trinajstić information content (AvgIpc) is 3.08. The molecule has 0 radical (unpaired) electrons. The molecule has 1 atom stereocenters. The number of hydrogen-bond donors (Lipinski definition) is 1. The van der Waals surface area contributed by atoms with Crippen LogP contribution in [0.25, 0.3) is 0 Å². The van der Waals surface area contributed by atoms with Crippen LogP contribution in [0.3, 0.4) is 0 Å². The molecule has 0 saturated carbocycles. The molecule has 0 aliphatic carbocycles. The number of hydrogen-bond acceptors (Lipinski definition) is 4. The number of nitrogens with one attached hydrogen (secondary N) is 1. The van der Waals surface area contributed by atoms with Gasteiger partial charge in [-0.1, -0.05) is 23.2 Å². The molecule has 152 valence electrons. The Morgan fingerprint density at radius 1 is 1.18 bits per heavy atom. The van der Waals surface area contributed by atoms with Gasteiger partial charge in [-0.05, 0) is 37.4 Å². The van der Waals surface area contributed by atoms with Crippen LogP contribution < -0.4 is 10.1 Å². The number of carbonyl (C=O) groups is 1. The van der Waals surface area contributed by atoms with Crippen molar-refractivity contribution >= 4 is 29.1 Å². The van der Waals surface area contributed by atoms with E-state index in [9.17, 15) is 4.79 Å².